The summed E-state index contributed by atoms with van der Waals surface area (Å²) in [7, 11) is 0. The Labute approximate surface area is 265 Å². The minimum Gasteiger partial charge on any atom is -0.310 e. The van der Waals surface area contributed by atoms with Gasteiger partial charge in [0, 0.05) is 49.0 Å². The van der Waals surface area contributed by atoms with Crippen molar-refractivity contribution in [2.24, 2.45) is 0 Å². The predicted molar refractivity (Wildman–Crippen MR) is 194 cm³/mol. The fourth-order valence-corrected chi connectivity index (χ4v) is 7.94. The molecule has 0 saturated carbocycles. The van der Waals surface area contributed by atoms with Crippen molar-refractivity contribution in [2.75, 3.05) is 4.90 Å². The summed E-state index contributed by atoms with van der Waals surface area (Å²) in [4.78, 5) is 2.34. The van der Waals surface area contributed by atoms with Crippen LogP contribution in [0, 0.1) is 0 Å². The van der Waals surface area contributed by atoms with Crippen molar-refractivity contribution in [3.8, 4) is 16.8 Å². The third kappa shape index (κ3) is 4.24. The van der Waals surface area contributed by atoms with Crippen LogP contribution in [0.3, 0.4) is 0 Å². The summed E-state index contributed by atoms with van der Waals surface area (Å²) in [5, 5.41) is 5.12. The molecule has 0 unspecified atom stereocenters. The van der Waals surface area contributed by atoms with E-state index < -0.39 is 0 Å². The van der Waals surface area contributed by atoms with E-state index in [-0.39, 0.29) is 0 Å². The van der Waals surface area contributed by atoms with Gasteiger partial charge in [0.2, 0.25) is 0 Å². The SMILES string of the molecule is c1ccc(-c2ccc3sc4c(ccc5c6cc(N(c7ccccc7)c7ccccc7)ccc6n(-c6ccccc6)c54)c3c2)cc1. The number of rotatable bonds is 5. The van der Waals surface area contributed by atoms with Crippen molar-refractivity contribution in [3.05, 3.63) is 170 Å². The molecular weight excluding hydrogens is 565 g/mol. The molecule has 0 bridgehead atoms. The summed E-state index contributed by atoms with van der Waals surface area (Å²) in [5.41, 5.74) is 9.53. The first-order valence-corrected chi connectivity index (χ1v) is 16.1. The molecule has 0 radical (unpaired) electrons. The Hall–Kier alpha value is -5.64. The minimum absolute atomic E-state index is 1.14. The number of thiophene rings is 1. The van der Waals surface area contributed by atoms with Gasteiger partial charge in [0.15, 0.2) is 0 Å². The third-order valence-corrected chi connectivity index (χ3v) is 9.95. The Balaban J connectivity index is 1.33. The first-order valence-electron chi connectivity index (χ1n) is 15.3. The number of hydrogen-bond donors (Lipinski definition) is 0. The fourth-order valence-electron chi connectivity index (χ4n) is 6.72. The maximum absolute atomic E-state index is 2.46. The lowest BCUT2D eigenvalue weighted by molar-refractivity contribution is 1.19. The Morgan fingerprint density at radius 2 is 1.04 bits per heavy atom. The summed E-state index contributed by atoms with van der Waals surface area (Å²) in [6, 6.07) is 61.2. The highest BCUT2D eigenvalue weighted by atomic mass is 32.1. The largest absolute Gasteiger partial charge is 0.310 e. The van der Waals surface area contributed by atoms with Crippen LogP contribution in [0.1, 0.15) is 0 Å². The molecule has 0 saturated heterocycles. The van der Waals surface area contributed by atoms with Crippen molar-refractivity contribution in [1.82, 2.24) is 4.57 Å². The van der Waals surface area contributed by atoms with Gasteiger partial charge in [-0.2, -0.15) is 0 Å². The summed E-state index contributed by atoms with van der Waals surface area (Å²) < 4.78 is 5.08. The monoisotopic (exact) mass is 592 g/mol. The molecule has 0 spiro atoms. The number of aromatic nitrogens is 1. The molecule has 0 N–H and O–H groups in total. The Morgan fingerprint density at radius 3 is 1.73 bits per heavy atom. The van der Waals surface area contributed by atoms with E-state index in [9.17, 15) is 0 Å². The highest BCUT2D eigenvalue weighted by molar-refractivity contribution is 7.26. The molecule has 3 heteroatoms. The number of para-hydroxylation sites is 3. The van der Waals surface area contributed by atoms with E-state index in [0.717, 1.165) is 17.1 Å². The normalized spacial score (nSPS) is 11.6. The van der Waals surface area contributed by atoms with Crippen LogP contribution in [0.5, 0.6) is 0 Å². The molecule has 212 valence electrons. The van der Waals surface area contributed by atoms with E-state index in [4.69, 9.17) is 0 Å². The second-order valence-corrected chi connectivity index (χ2v) is 12.4. The van der Waals surface area contributed by atoms with Crippen LogP contribution in [-0.4, -0.2) is 4.57 Å². The zero-order valence-electron chi connectivity index (χ0n) is 24.5. The highest BCUT2D eigenvalue weighted by Gasteiger charge is 2.20. The summed E-state index contributed by atoms with van der Waals surface area (Å²) in [5.74, 6) is 0. The van der Waals surface area contributed by atoms with Crippen LogP contribution >= 0.6 is 11.3 Å². The van der Waals surface area contributed by atoms with Crippen LogP contribution in [-0.2, 0) is 0 Å². The molecule has 0 aliphatic rings. The zero-order valence-corrected chi connectivity index (χ0v) is 25.3. The lowest BCUT2D eigenvalue weighted by Crippen LogP contribution is -2.09. The van der Waals surface area contributed by atoms with E-state index in [1.807, 2.05) is 11.3 Å². The van der Waals surface area contributed by atoms with Gasteiger partial charge in [-0.05, 0) is 77.9 Å². The number of hydrogen-bond acceptors (Lipinski definition) is 2. The lowest BCUT2D eigenvalue weighted by atomic mass is 10.0. The highest BCUT2D eigenvalue weighted by Crippen LogP contribution is 2.45. The van der Waals surface area contributed by atoms with Gasteiger partial charge in [0.25, 0.3) is 0 Å². The second-order valence-electron chi connectivity index (χ2n) is 11.4. The van der Waals surface area contributed by atoms with Crippen molar-refractivity contribution in [3.63, 3.8) is 0 Å². The lowest BCUT2D eigenvalue weighted by Gasteiger charge is -2.25. The molecule has 2 heterocycles. The second kappa shape index (κ2) is 10.5. The summed E-state index contributed by atoms with van der Waals surface area (Å²) in [6.45, 7) is 0. The first-order chi connectivity index (χ1) is 22.3. The van der Waals surface area contributed by atoms with Crippen LogP contribution in [0.25, 0.3) is 58.8 Å². The van der Waals surface area contributed by atoms with Gasteiger partial charge in [0.05, 0.1) is 15.7 Å². The topological polar surface area (TPSA) is 8.17 Å². The molecule has 2 aromatic heterocycles. The van der Waals surface area contributed by atoms with Gasteiger partial charge < -0.3 is 9.47 Å². The fraction of sp³-hybridized carbons (Fsp3) is 0. The van der Waals surface area contributed by atoms with E-state index in [0.29, 0.717) is 0 Å². The molecule has 0 atom stereocenters. The van der Waals surface area contributed by atoms with Crippen LogP contribution in [0.4, 0.5) is 17.1 Å². The number of benzene rings is 7. The van der Waals surface area contributed by atoms with E-state index >= 15 is 0 Å². The maximum atomic E-state index is 2.46. The number of fused-ring (bicyclic) bond motifs is 7. The van der Waals surface area contributed by atoms with Crippen molar-refractivity contribution < 1.29 is 0 Å². The number of anilines is 3. The predicted octanol–water partition coefficient (Wildman–Crippen LogP) is 12.3. The molecule has 0 fully saturated rings. The van der Waals surface area contributed by atoms with Crippen molar-refractivity contribution in [2.45, 2.75) is 0 Å². The molecule has 9 aromatic rings. The Morgan fingerprint density at radius 1 is 0.422 bits per heavy atom. The van der Waals surface area contributed by atoms with Gasteiger partial charge in [-0.15, -0.1) is 11.3 Å². The van der Waals surface area contributed by atoms with Crippen molar-refractivity contribution >= 4 is 70.4 Å². The molecule has 0 amide bonds. The summed E-state index contributed by atoms with van der Waals surface area (Å²) in [6.07, 6.45) is 0. The maximum Gasteiger partial charge on any atom is 0.0719 e. The van der Waals surface area contributed by atoms with Gasteiger partial charge in [0.1, 0.15) is 0 Å². The number of nitrogens with zero attached hydrogens (tertiary/aromatic N) is 2. The molecule has 45 heavy (non-hydrogen) atoms. The summed E-state index contributed by atoms with van der Waals surface area (Å²) >= 11 is 1.89. The first kappa shape index (κ1) is 25.8. The van der Waals surface area contributed by atoms with Gasteiger partial charge >= 0.3 is 0 Å². The molecule has 9 rings (SSSR count). The van der Waals surface area contributed by atoms with Crippen LogP contribution in [0.2, 0.25) is 0 Å². The van der Waals surface area contributed by atoms with Crippen molar-refractivity contribution in [1.29, 1.82) is 0 Å². The standard InChI is InChI=1S/C42H28N2S/c1-5-13-29(14-6-1)30-21-26-40-38(27-30)36-24-23-35-37-28-34(43(31-15-7-2-8-16-31)32-17-9-3-10-18-32)22-25-39(37)44(41(35)42(36)45-40)33-19-11-4-12-20-33/h1-28H. The van der Waals surface area contributed by atoms with E-state index in [1.54, 1.807) is 0 Å². The Bertz CT molecular complexity index is 2420. The molecule has 2 nitrogen and oxygen atoms in total. The Kier molecular flexibility index (Phi) is 6.03. The van der Waals surface area contributed by atoms with Crippen LogP contribution < -0.4 is 4.90 Å². The van der Waals surface area contributed by atoms with Gasteiger partial charge in [-0.3, -0.25) is 0 Å². The average Bonchev–Trinajstić information content (AvgIpc) is 3.65. The average molecular weight is 593 g/mol. The van der Waals surface area contributed by atoms with Crippen LogP contribution in [0.15, 0.2) is 170 Å². The molecule has 7 aromatic carbocycles. The smallest absolute Gasteiger partial charge is 0.0719 e. The minimum atomic E-state index is 1.14. The third-order valence-electron chi connectivity index (χ3n) is 8.76. The van der Waals surface area contributed by atoms with Gasteiger partial charge in [-0.25, -0.2) is 0 Å². The molecule has 0 aliphatic carbocycles. The molecular formula is C42H28N2S. The van der Waals surface area contributed by atoms with E-state index in [1.165, 1.54) is 58.8 Å². The van der Waals surface area contributed by atoms with Gasteiger partial charge in [-0.1, -0.05) is 103 Å². The molecule has 0 aliphatic heterocycles. The quantitative estimate of drug-likeness (QED) is 0.193. The van der Waals surface area contributed by atoms with E-state index in [2.05, 4.69) is 179 Å². The zero-order chi connectivity index (χ0) is 29.7.